The number of hydrogen-bond donors (Lipinski definition) is 0. The predicted molar refractivity (Wildman–Crippen MR) is 75.1 cm³/mol. The number of para-hydroxylation sites is 1. The van der Waals surface area contributed by atoms with Gasteiger partial charge in [-0.2, -0.15) is 4.99 Å². The van der Waals surface area contributed by atoms with E-state index in [-0.39, 0.29) is 5.91 Å². The van der Waals surface area contributed by atoms with Crippen LogP contribution in [-0.4, -0.2) is 47.9 Å². The molecule has 2 aliphatic heterocycles. The quantitative estimate of drug-likeness (QED) is 0.766. The Bertz CT molecular complexity index is 466. The van der Waals surface area contributed by atoms with Crippen molar-refractivity contribution in [2.24, 2.45) is 4.99 Å². The molecule has 4 nitrogen and oxygen atoms in total. The molecule has 0 N–H and O–H groups in total. The topological polar surface area (TPSA) is 35.9 Å². The zero-order valence-corrected chi connectivity index (χ0v) is 10.9. The summed E-state index contributed by atoms with van der Waals surface area (Å²) in [7, 11) is 0. The summed E-state index contributed by atoms with van der Waals surface area (Å²) < 4.78 is 0. The SMILES string of the molecule is O=C1CSC(N2CCN(c3ccccc3)CC2)=N1. The molecule has 5 heteroatoms. The lowest BCUT2D eigenvalue weighted by Gasteiger charge is -2.36. The summed E-state index contributed by atoms with van der Waals surface area (Å²) in [6.45, 7) is 3.84. The third kappa shape index (κ3) is 2.36. The van der Waals surface area contributed by atoms with Crippen molar-refractivity contribution in [3.63, 3.8) is 0 Å². The van der Waals surface area contributed by atoms with Crippen LogP contribution >= 0.6 is 11.8 Å². The van der Waals surface area contributed by atoms with E-state index in [0.29, 0.717) is 5.75 Å². The number of benzene rings is 1. The normalized spacial score (nSPS) is 20.2. The largest absolute Gasteiger partial charge is 0.368 e. The lowest BCUT2D eigenvalue weighted by molar-refractivity contribution is -0.115. The van der Waals surface area contributed by atoms with E-state index in [4.69, 9.17) is 0 Å². The Morgan fingerprint density at radius 3 is 2.28 bits per heavy atom. The van der Waals surface area contributed by atoms with Crippen LogP contribution in [0, 0.1) is 0 Å². The first kappa shape index (κ1) is 11.6. The first-order valence-electron chi connectivity index (χ1n) is 6.12. The molecule has 0 aromatic heterocycles. The number of thioether (sulfide) groups is 1. The standard InChI is InChI=1S/C13H15N3OS/c17-12-10-18-13(14-12)16-8-6-15(7-9-16)11-4-2-1-3-5-11/h1-5H,6-10H2. The van der Waals surface area contributed by atoms with Gasteiger partial charge < -0.3 is 9.80 Å². The van der Waals surface area contributed by atoms with E-state index in [0.717, 1.165) is 31.3 Å². The molecule has 0 bridgehead atoms. The van der Waals surface area contributed by atoms with Gasteiger partial charge in [-0.15, -0.1) is 0 Å². The van der Waals surface area contributed by atoms with E-state index in [1.807, 2.05) is 6.07 Å². The Morgan fingerprint density at radius 2 is 1.67 bits per heavy atom. The summed E-state index contributed by atoms with van der Waals surface area (Å²) >= 11 is 1.56. The molecular weight excluding hydrogens is 246 g/mol. The number of rotatable bonds is 1. The zero-order chi connectivity index (χ0) is 12.4. The second kappa shape index (κ2) is 5.02. The second-order valence-corrected chi connectivity index (χ2v) is 5.33. The Hall–Kier alpha value is -1.49. The molecule has 1 amide bonds. The summed E-state index contributed by atoms with van der Waals surface area (Å²) in [6, 6.07) is 10.5. The van der Waals surface area contributed by atoms with E-state index in [9.17, 15) is 4.79 Å². The third-order valence-electron chi connectivity index (χ3n) is 3.22. The minimum atomic E-state index is 0.000453. The number of nitrogens with zero attached hydrogens (tertiary/aromatic N) is 3. The molecule has 0 radical (unpaired) electrons. The van der Waals surface area contributed by atoms with E-state index in [1.54, 1.807) is 11.8 Å². The van der Waals surface area contributed by atoms with Gasteiger partial charge in [0.05, 0.1) is 5.75 Å². The summed E-state index contributed by atoms with van der Waals surface area (Å²) in [4.78, 5) is 19.8. The zero-order valence-electron chi connectivity index (χ0n) is 10.1. The van der Waals surface area contributed by atoms with Crippen molar-refractivity contribution in [3.8, 4) is 0 Å². The van der Waals surface area contributed by atoms with Crippen molar-refractivity contribution in [2.75, 3.05) is 36.8 Å². The highest BCUT2D eigenvalue weighted by Gasteiger charge is 2.24. The van der Waals surface area contributed by atoms with Crippen LogP contribution in [0.4, 0.5) is 5.69 Å². The van der Waals surface area contributed by atoms with E-state index in [2.05, 4.69) is 39.1 Å². The Morgan fingerprint density at radius 1 is 1.00 bits per heavy atom. The van der Waals surface area contributed by atoms with Crippen LogP contribution in [0.2, 0.25) is 0 Å². The molecule has 3 rings (SSSR count). The molecule has 2 heterocycles. The number of anilines is 1. The minimum Gasteiger partial charge on any atom is -0.368 e. The van der Waals surface area contributed by atoms with Crippen LogP contribution < -0.4 is 4.90 Å². The molecule has 0 atom stereocenters. The maximum atomic E-state index is 11.1. The molecule has 1 fully saturated rings. The highest BCUT2D eigenvalue weighted by molar-refractivity contribution is 8.14. The van der Waals surface area contributed by atoms with Gasteiger partial charge in [-0.3, -0.25) is 4.79 Å². The molecule has 0 spiro atoms. The van der Waals surface area contributed by atoms with Gasteiger partial charge in [-0.05, 0) is 12.1 Å². The molecule has 1 saturated heterocycles. The van der Waals surface area contributed by atoms with Crippen LogP contribution in [0.5, 0.6) is 0 Å². The molecule has 1 aromatic rings. The van der Waals surface area contributed by atoms with Gasteiger partial charge in [0.1, 0.15) is 0 Å². The first-order valence-corrected chi connectivity index (χ1v) is 7.11. The van der Waals surface area contributed by atoms with Crippen molar-refractivity contribution in [3.05, 3.63) is 30.3 Å². The molecule has 94 valence electrons. The van der Waals surface area contributed by atoms with E-state index < -0.39 is 0 Å². The molecule has 0 aliphatic carbocycles. The molecular formula is C13H15N3OS. The summed E-state index contributed by atoms with van der Waals surface area (Å²) in [5.41, 5.74) is 1.27. The third-order valence-corrected chi connectivity index (χ3v) is 4.22. The van der Waals surface area contributed by atoms with Crippen molar-refractivity contribution >= 4 is 28.5 Å². The molecule has 2 aliphatic rings. The Kier molecular flexibility index (Phi) is 3.23. The summed E-state index contributed by atoms with van der Waals surface area (Å²) in [5, 5.41) is 0.910. The fourth-order valence-electron chi connectivity index (χ4n) is 2.25. The number of aliphatic imine (C=N–C) groups is 1. The van der Waals surface area contributed by atoms with Crippen LogP contribution in [0.15, 0.2) is 35.3 Å². The Balaban J connectivity index is 1.62. The van der Waals surface area contributed by atoms with Crippen LogP contribution in [0.1, 0.15) is 0 Å². The molecule has 0 unspecified atom stereocenters. The monoisotopic (exact) mass is 261 g/mol. The smallest absolute Gasteiger partial charge is 0.258 e. The highest BCUT2D eigenvalue weighted by Crippen LogP contribution is 2.20. The van der Waals surface area contributed by atoms with Gasteiger partial charge in [-0.1, -0.05) is 30.0 Å². The van der Waals surface area contributed by atoms with Gasteiger partial charge in [-0.25, -0.2) is 0 Å². The predicted octanol–water partition coefficient (Wildman–Crippen LogP) is 1.44. The highest BCUT2D eigenvalue weighted by atomic mass is 32.2. The first-order chi connectivity index (χ1) is 8.83. The number of carbonyl (C=O) groups is 1. The van der Waals surface area contributed by atoms with Crippen molar-refractivity contribution in [2.45, 2.75) is 0 Å². The number of piperazine rings is 1. The average Bonchev–Trinajstić information content (AvgIpc) is 2.87. The van der Waals surface area contributed by atoms with E-state index >= 15 is 0 Å². The lowest BCUT2D eigenvalue weighted by Crippen LogP contribution is -2.47. The van der Waals surface area contributed by atoms with E-state index in [1.165, 1.54) is 5.69 Å². The maximum absolute atomic E-state index is 11.1. The van der Waals surface area contributed by atoms with Crippen molar-refractivity contribution < 1.29 is 4.79 Å². The minimum absolute atomic E-state index is 0.000453. The van der Waals surface area contributed by atoms with Crippen LogP contribution in [0.3, 0.4) is 0 Å². The summed E-state index contributed by atoms with van der Waals surface area (Å²) in [5.74, 6) is 0.509. The van der Waals surface area contributed by atoms with Gasteiger partial charge in [0.15, 0.2) is 5.17 Å². The molecule has 1 aromatic carbocycles. The number of amides is 1. The fraction of sp³-hybridized carbons (Fsp3) is 0.385. The molecule has 0 saturated carbocycles. The average molecular weight is 261 g/mol. The van der Waals surface area contributed by atoms with Crippen molar-refractivity contribution in [1.29, 1.82) is 0 Å². The van der Waals surface area contributed by atoms with Crippen LogP contribution in [0.25, 0.3) is 0 Å². The Labute approximate surface area is 111 Å². The maximum Gasteiger partial charge on any atom is 0.258 e. The number of hydrogen-bond acceptors (Lipinski definition) is 4. The van der Waals surface area contributed by atoms with Gasteiger partial charge >= 0.3 is 0 Å². The van der Waals surface area contributed by atoms with Gasteiger partial charge in [0.25, 0.3) is 5.91 Å². The number of amidine groups is 1. The van der Waals surface area contributed by atoms with Crippen molar-refractivity contribution in [1.82, 2.24) is 4.90 Å². The van der Waals surface area contributed by atoms with Crippen LogP contribution in [-0.2, 0) is 4.79 Å². The second-order valence-electron chi connectivity index (χ2n) is 4.39. The summed E-state index contributed by atoms with van der Waals surface area (Å²) in [6.07, 6.45) is 0. The van der Waals surface area contributed by atoms with Gasteiger partial charge in [0.2, 0.25) is 0 Å². The number of carbonyl (C=O) groups excluding carboxylic acids is 1. The van der Waals surface area contributed by atoms with Gasteiger partial charge in [0, 0.05) is 31.9 Å². The fourth-order valence-corrected chi connectivity index (χ4v) is 3.10. The molecule has 18 heavy (non-hydrogen) atoms. The lowest BCUT2D eigenvalue weighted by atomic mass is 10.2.